The molecule has 2 aliphatic rings. The summed E-state index contributed by atoms with van der Waals surface area (Å²) in [6.45, 7) is 18.7. The Morgan fingerprint density at radius 1 is 0.906 bits per heavy atom. The Hall–Kier alpha value is -0.920. The largest absolute Gasteiger partial charge is 0.501 e. The molecule has 0 saturated carbocycles. The van der Waals surface area contributed by atoms with Crippen molar-refractivity contribution in [2.75, 3.05) is 7.11 Å². The van der Waals surface area contributed by atoms with Gasteiger partial charge in [0, 0.05) is 11.8 Å². The average Bonchev–Trinajstić information content (AvgIpc) is 2.72. The SMILES string of the molecule is COC1=C(C)C(C)=C2OC(C)(CCCC(C)CCCC(C)CCCC(C)C)CCC2C1C. The van der Waals surface area contributed by atoms with E-state index in [1.165, 1.54) is 81.1 Å². The highest BCUT2D eigenvalue weighted by Gasteiger charge is 2.42. The molecule has 0 bridgehead atoms. The molecule has 1 saturated heterocycles. The van der Waals surface area contributed by atoms with Gasteiger partial charge in [0.15, 0.2) is 0 Å². The Balaban J connectivity index is 1.74. The van der Waals surface area contributed by atoms with E-state index in [-0.39, 0.29) is 5.60 Å². The van der Waals surface area contributed by atoms with Crippen LogP contribution in [0.15, 0.2) is 22.7 Å². The van der Waals surface area contributed by atoms with E-state index >= 15 is 0 Å². The average molecular weight is 447 g/mol. The third-order valence-electron chi connectivity index (χ3n) is 8.49. The first kappa shape index (κ1) is 27.3. The van der Waals surface area contributed by atoms with E-state index in [1.54, 1.807) is 0 Å². The Morgan fingerprint density at radius 3 is 2.03 bits per heavy atom. The van der Waals surface area contributed by atoms with E-state index in [0.29, 0.717) is 11.8 Å². The van der Waals surface area contributed by atoms with E-state index in [2.05, 4.69) is 55.4 Å². The van der Waals surface area contributed by atoms with Gasteiger partial charge in [-0.05, 0) is 75.4 Å². The number of methoxy groups -OCH3 is 1. The van der Waals surface area contributed by atoms with Gasteiger partial charge in [-0.15, -0.1) is 0 Å². The van der Waals surface area contributed by atoms with Crippen LogP contribution in [0.1, 0.15) is 126 Å². The molecule has 2 heteroatoms. The lowest BCUT2D eigenvalue weighted by Gasteiger charge is -2.45. The molecule has 2 rings (SSSR count). The molecular weight excluding hydrogens is 392 g/mol. The van der Waals surface area contributed by atoms with Gasteiger partial charge in [-0.3, -0.25) is 0 Å². The van der Waals surface area contributed by atoms with Gasteiger partial charge in [-0.2, -0.15) is 0 Å². The molecule has 1 aliphatic heterocycles. The number of allylic oxidation sites excluding steroid dienone is 4. The van der Waals surface area contributed by atoms with Crippen molar-refractivity contribution in [1.82, 2.24) is 0 Å². The van der Waals surface area contributed by atoms with Gasteiger partial charge in [0.05, 0.1) is 7.11 Å². The van der Waals surface area contributed by atoms with Gasteiger partial charge < -0.3 is 9.47 Å². The molecule has 5 atom stereocenters. The van der Waals surface area contributed by atoms with Gasteiger partial charge in [0.1, 0.15) is 17.1 Å². The summed E-state index contributed by atoms with van der Waals surface area (Å²) in [6, 6.07) is 0. The van der Waals surface area contributed by atoms with Gasteiger partial charge in [-0.25, -0.2) is 0 Å². The molecule has 0 amide bonds. The second-order valence-electron chi connectivity index (χ2n) is 12.0. The van der Waals surface area contributed by atoms with Crippen LogP contribution in [0.25, 0.3) is 0 Å². The summed E-state index contributed by atoms with van der Waals surface area (Å²) in [5.41, 5.74) is 2.59. The van der Waals surface area contributed by atoms with Crippen molar-refractivity contribution in [3.63, 3.8) is 0 Å². The van der Waals surface area contributed by atoms with E-state index in [9.17, 15) is 0 Å². The van der Waals surface area contributed by atoms with Gasteiger partial charge in [0.2, 0.25) is 0 Å². The first-order valence-electron chi connectivity index (χ1n) is 13.7. The fraction of sp³-hybridized carbons (Fsp3) is 0.867. The highest BCUT2D eigenvalue weighted by Crippen LogP contribution is 2.48. The minimum atomic E-state index is 0.00230. The van der Waals surface area contributed by atoms with Crippen molar-refractivity contribution in [1.29, 1.82) is 0 Å². The molecule has 0 aromatic rings. The predicted octanol–water partition coefficient (Wildman–Crippen LogP) is 9.45. The van der Waals surface area contributed by atoms with Crippen molar-refractivity contribution in [2.24, 2.45) is 29.6 Å². The summed E-state index contributed by atoms with van der Waals surface area (Å²) in [4.78, 5) is 0. The van der Waals surface area contributed by atoms with Crippen LogP contribution in [0.2, 0.25) is 0 Å². The van der Waals surface area contributed by atoms with E-state index in [0.717, 1.165) is 29.9 Å². The predicted molar refractivity (Wildman–Crippen MR) is 139 cm³/mol. The monoisotopic (exact) mass is 446 g/mol. The molecule has 0 aromatic carbocycles. The topological polar surface area (TPSA) is 18.5 Å². The normalized spacial score (nSPS) is 27.9. The molecule has 1 heterocycles. The fourth-order valence-electron chi connectivity index (χ4n) is 6.03. The summed E-state index contributed by atoms with van der Waals surface area (Å²) in [7, 11) is 1.82. The van der Waals surface area contributed by atoms with Crippen molar-refractivity contribution >= 4 is 0 Å². The quantitative estimate of drug-likeness (QED) is 0.280. The lowest BCUT2D eigenvalue weighted by molar-refractivity contribution is -0.0577. The molecule has 2 nitrogen and oxygen atoms in total. The van der Waals surface area contributed by atoms with Crippen LogP contribution < -0.4 is 0 Å². The Labute approximate surface area is 200 Å². The van der Waals surface area contributed by atoms with Crippen LogP contribution in [0, 0.1) is 29.6 Å². The van der Waals surface area contributed by atoms with Crippen molar-refractivity contribution in [3.05, 3.63) is 22.7 Å². The lowest BCUT2D eigenvalue weighted by atomic mass is 9.73. The summed E-state index contributed by atoms with van der Waals surface area (Å²) in [5.74, 6) is 5.92. The van der Waals surface area contributed by atoms with Crippen LogP contribution in [0.5, 0.6) is 0 Å². The summed E-state index contributed by atoms with van der Waals surface area (Å²) >= 11 is 0. The maximum atomic E-state index is 6.76. The molecule has 0 radical (unpaired) electrons. The molecule has 1 fully saturated rings. The van der Waals surface area contributed by atoms with Gasteiger partial charge >= 0.3 is 0 Å². The molecule has 5 unspecified atom stereocenters. The smallest absolute Gasteiger partial charge is 0.106 e. The number of fused-ring (bicyclic) bond motifs is 1. The number of rotatable bonds is 13. The lowest BCUT2D eigenvalue weighted by Crippen LogP contribution is -2.39. The van der Waals surface area contributed by atoms with E-state index in [4.69, 9.17) is 9.47 Å². The summed E-state index contributed by atoms with van der Waals surface area (Å²) in [5, 5.41) is 0. The molecule has 0 spiro atoms. The zero-order valence-electron chi connectivity index (χ0n) is 23.0. The van der Waals surface area contributed by atoms with Gasteiger partial charge in [0.25, 0.3) is 0 Å². The van der Waals surface area contributed by atoms with E-state index < -0.39 is 0 Å². The third kappa shape index (κ3) is 7.56. The molecule has 0 N–H and O–H groups in total. The van der Waals surface area contributed by atoms with Crippen molar-refractivity contribution < 1.29 is 9.47 Å². The van der Waals surface area contributed by atoms with Gasteiger partial charge in [-0.1, -0.05) is 79.6 Å². The Kier molecular flexibility index (Phi) is 10.7. The van der Waals surface area contributed by atoms with Crippen LogP contribution in [0.4, 0.5) is 0 Å². The maximum absolute atomic E-state index is 6.76. The second kappa shape index (κ2) is 12.5. The Morgan fingerprint density at radius 2 is 1.47 bits per heavy atom. The number of hydrogen-bond donors (Lipinski definition) is 0. The minimum Gasteiger partial charge on any atom is -0.501 e. The standard InChI is InChI=1S/C30H54O2/c1-21(2)13-10-14-22(3)15-11-16-23(4)17-12-19-30(8)20-18-27-26(7)28(31-9)24(5)25(6)29(27)32-30/h21-23,26-27H,10-20H2,1-9H3. The summed E-state index contributed by atoms with van der Waals surface area (Å²) in [6.07, 6.45) is 14.6. The van der Waals surface area contributed by atoms with E-state index in [1.807, 2.05) is 7.11 Å². The fourth-order valence-corrected chi connectivity index (χ4v) is 6.03. The van der Waals surface area contributed by atoms with Crippen LogP contribution in [0.3, 0.4) is 0 Å². The van der Waals surface area contributed by atoms with Crippen LogP contribution >= 0.6 is 0 Å². The number of hydrogen-bond acceptors (Lipinski definition) is 2. The second-order valence-corrected chi connectivity index (χ2v) is 12.0. The number of ether oxygens (including phenoxy) is 2. The zero-order chi connectivity index (χ0) is 23.9. The molecule has 0 aromatic heterocycles. The third-order valence-corrected chi connectivity index (χ3v) is 8.49. The molecule has 32 heavy (non-hydrogen) atoms. The van der Waals surface area contributed by atoms with Crippen LogP contribution in [-0.4, -0.2) is 12.7 Å². The molecule has 186 valence electrons. The molecule has 1 aliphatic carbocycles. The highest BCUT2D eigenvalue weighted by atomic mass is 16.5. The Bertz CT molecular complexity index is 643. The first-order chi connectivity index (χ1) is 15.1. The minimum absolute atomic E-state index is 0.00230. The first-order valence-corrected chi connectivity index (χ1v) is 13.7. The zero-order valence-corrected chi connectivity index (χ0v) is 23.0. The van der Waals surface area contributed by atoms with Crippen LogP contribution in [-0.2, 0) is 9.47 Å². The van der Waals surface area contributed by atoms with Crippen molar-refractivity contribution in [3.8, 4) is 0 Å². The maximum Gasteiger partial charge on any atom is 0.106 e. The molecular formula is C30H54O2. The summed E-state index contributed by atoms with van der Waals surface area (Å²) < 4.78 is 12.5. The van der Waals surface area contributed by atoms with Crippen molar-refractivity contribution in [2.45, 2.75) is 132 Å². The highest BCUT2D eigenvalue weighted by molar-refractivity contribution is 5.39.